The van der Waals surface area contributed by atoms with Gasteiger partial charge in [-0.15, -0.1) is 0 Å². The van der Waals surface area contributed by atoms with Crippen LogP contribution in [-0.4, -0.2) is 0 Å². The van der Waals surface area contributed by atoms with Gasteiger partial charge in [0.25, 0.3) is 0 Å². The Balaban J connectivity index is 1.91. The fourth-order valence-corrected chi connectivity index (χ4v) is 3.25. The molecule has 1 nitrogen and oxygen atoms in total. The third-order valence-corrected chi connectivity index (χ3v) is 4.68. The number of halogens is 2. The van der Waals surface area contributed by atoms with Crippen molar-refractivity contribution in [3.8, 4) is 0 Å². The van der Waals surface area contributed by atoms with E-state index >= 15 is 0 Å². The average Bonchev–Trinajstić information content (AvgIpc) is 2.78. The van der Waals surface area contributed by atoms with E-state index in [0.717, 1.165) is 34.1 Å². The molecule has 3 rings (SSSR count). The lowest BCUT2D eigenvalue weighted by Crippen LogP contribution is -2.07. The monoisotopic (exact) mass is 305 g/mol. The van der Waals surface area contributed by atoms with Crippen LogP contribution in [0.15, 0.2) is 30.3 Å². The average molecular weight is 306 g/mol. The molecule has 0 saturated carbocycles. The van der Waals surface area contributed by atoms with Gasteiger partial charge in [0, 0.05) is 5.02 Å². The zero-order valence-electron chi connectivity index (χ0n) is 11.6. The van der Waals surface area contributed by atoms with Crippen LogP contribution in [0.2, 0.25) is 10.0 Å². The van der Waals surface area contributed by atoms with E-state index in [-0.39, 0.29) is 0 Å². The Morgan fingerprint density at radius 3 is 2.65 bits per heavy atom. The van der Waals surface area contributed by atoms with Gasteiger partial charge >= 0.3 is 0 Å². The van der Waals surface area contributed by atoms with Gasteiger partial charge in [0.05, 0.1) is 16.8 Å². The molecule has 1 atom stereocenters. The zero-order chi connectivity index (χ0) is 14.3. The Morgan fingerprint density at radius 2 is 1.85 bits per heavy atom. The summed E-state index contributed by atoms with van der Waals surface area (Å²) in [5, 5.41) is 5.02. The largest absolute Gasteiger partial charge is 0.377 e. The molecule has 0 fully saturated rings. The van der Waals surface area contributed by atoms with Gasteiger partial charge in [-0.3, -0.25) is 0 Å². The summed E-state index contributed by atoms with van der Waals surface area (Å²) in [5.74, 6) is 0. The van der Waals surface area contributed by atoms with Crippen LogP contribution in [-0.2, 0) is 6.42 Å². The van der Waals surface area contributed by atoms with Crippen molar-refractivity contribution < 1.29 is 0 Å². The summed E-state index contributed by atoms with van der Waals surface area (Å²) in [7, 11) is 0. The number of hydrogen-bond donors (Lipinski definition) is 1. The van der Waals surface area contributed by atoms with Crippen molar-refractivity contribution in [1.82, 2.24) is 0 Å². The first-order valence-electron chi connectivity index (χ1n) is 6.86. The quantitative estimate of drug-likeness (QED) is 0.749. The number of nitrogens with one attached hydrogen (secondary N) is 1. The van der Waals surface area contributed by atoms with Crippen molar-refractivity contribution in [2.75, 3.05) is 5.32 Å². The van der Waals surface area contributed by atoms with Crippen LogP contribution >= 0.6 is 23.2 Å². The third kappa shape index (κ3) is 2.53. The number of rotatable bonds is 2. The molecule has 0 heterocycles. The lowest BCUT2D eigenvalue weighted by Gasteiger charge is -2.18. The van der Waals surface area contributed by atoms with E-state index in [4.69, 9.17) is 23.2 Å². The van der Waals surface area contributed by atoms with Crippen LogP contribution in [0.5, 0.6) is 0 Å². The zero-order valence-corrected chi connectivity index (χ0v) is 13.1. The summed E-state index contributed by atoms with van der Waals surface area (Å²) in [6, 6.07) is 10.8. The van der Waals surface area contributed by atoms with Crippen LogP contribution in [0.1, 0.15) is 34.7 Å². The Kier molecular flexibility index (Phi) is 3.66. The SMILES string of the molecule is Cc1ccc2c(c1)C(Nc1cc(Cl)c(C)cc1Cl)CC2. The fraction of sp³-hybridized carbons (Fsp3) is 0.294. The van der Waals surface area contributed by atoms with Gasteiger partial charge < -0.3 is 5.32 Å². The van der Waals surface area contributed by atoms with E-state index in [0.29, 0.717) is 6.04 Å². The molecular formula is C17H17Cl2N. The molecule has 3 heteroatoms. The van der Waals surface area contributed by atoms with Crippen LogP contribution < -0.4 is 5.32 Å². The molecule has 1 N–H and O–H groups in total. The smallest absolute Gasteiger partial charge is 0.0641 e. The molecule has 2 aromatic rings. The number of benzene rings is 2. The van der Waals surface area contributed by atoms with Crippen molar-refractivity contribution in [3.63, 3.8) is 0 Å². The minimum absolute atomic E-state index is 0.321. The van der Waals surface area contributed by atoms with Crippen LogP contribution in [0.25, 0.3) is 0 Å². The molecule has 0 aromatic heterocycles. The third-order valence-electron chi connectivity index (χ3n) is 3.96. The van der Waals surface area contributed by atoms with E-state index in [1.54, 1.807) is 0 Å². The Labute approximate surface area is 129 Å². The first-order valence-corrected chi connectivity index (χ1v) is 7.62. The fourth-order valence-electron chi connectivity index (χ4n) is 2.82. The van der Waals surface area contributed by atoms with Gasteiger partial charge in [0.1, 0.15) is 0 Å². The first-order chi connectivity index (χ1) is 9.54. The Hall–Kier alpha value is -1.18. The topological polar surface area (TPSA) is 12.0 Å². The molecular weight excluding hydrogens is 289 g/mol. The minimum atomic E-state index is 0.321. The van der Waals surface area contributed by atoms with Crippen molar-refractivity contribution in [3.05, 3.63) is 62.6 Å². The molecule has 0 amide bonds. The molecule has 2 aromatic carbocycles. The van der Waals surface area contributed by atoms with Crippen molar-refractivity contribution in [1.29, 1.82) is 0 Å². The summed E-state index contributed by atoms with van der Waals surface area (Å²) in [6.45, 7) is 4.09. The molecule has 0 saturated heterocycles. The molecule has 1 unspecified atom stereocenters. The van der Waals surface area contributed by atoms with Crippen LogP contribution in [0, 0.1) is 13.8 Å². The van der Waals surface area contributed by atoms with E-state index in [9.17, 15) is 0 Å². The summed E-state index contributed by atoms with van der Waals surface area (Å²) >= 11 is 12.5. The predicted octanol–water partition coefficient (Wildman–Crippen LogP) is 5.71. The van der Waals surface area contributed by atoms with Crippen molar-refractivity contribution >= 4 is 28.9 Å². The molecule has 104 valence electrons. The molecule has 0 radical (unpaired) electrons. The summed E-state index contributed by atoms with van der Waals surface area (Å²) < 4.78 is 0. The lowest BCUT2D eigenvalue weighted by atomic mass is 10.0. The summed E-state index contributed by atoms with van der Waals surface area (Å²) in [5.41, 5.74) is 6.04. The first kappa shape index (κ1) is 13.8. The second-order valence-corrected chi connectivity index (χ2v) is 6.33. The van der Waals surface area contributed by atoms with Gasteiger partial charge in [0.15, 0.2) is 0 Å². The van der Waals surface area contributed by atoms with Crippen LogP contribution in [0.4, 0.5) is 5.69 Å². The standard InChI is InChI=1S/C17H17Cl2N/c1-10-3-4-12-5-6-16(13(12)7-10)20-17-9-14(18)11(2)8-15(17)19/h3-4,7-9,16,20H,5-6H2,1-2H3. The second kappa shape index (κ2) is 5.31. The van der Waals surface area contributed by atoms with E-state index in [1.165, 1.54) is 16.7 Å². The van der Waals surface area contributed by atoms with Crippen molar-refractivity contribution in [2.45, 2.75) is 32.7 Å². The summed E-state index contributed by atoms with van der Waals surface area (Å²) in [4.78, 5) is 0. The molecule has 1 aliphatic carbocycles. The maximum absolute atomic E-state index is 6.32. The molecule has 1 aliphatic rings. The number of aryl methyl sites for hydroxylation is 3. The molecule has 20 heavy (non-hydrogen) atoms. The Morgan fingerprint density at radius 1 is 1.05 bits per heavy atom. The highest BCUT2D eigenvalue weighted by Gasteiger charge is 2.23. The van der Waals surface area contributed by atoms with Gasteiger partial charge in [-0.2, -0.15) is 0 Å². The second-order valence-electron chi connectivity index (χ2n) is 5.52. The van der Waals surface area contributed by atoms with E-state index in [1.807, 2.05) is 19.1 Å². The van der Waals surface area contributed by atoms with Crippen LogP contribution in [0.3, 0.4) is 0 Å². The molecule has 0 spiro atoms. The molecule has 0 aliphatic heterocycles. The summed E-state index contributed by atoms with van der Waals surface area (Å²) in [6.07, 6.45) is 2.21. The van der Waals surface area contributed by atoms with E-state index in [2.05, 4.69) is 30.4 Å². The number of hydrogen-bond acceptors (Lipinski definition) is 1. The van der Waals surface area contributed by atoms with Crippen molar-refractivity contribution in [2.24, 2.45) is 0 Å². The van der Waals surface area contributed by atoms with Gasteiger partial charge in [-0.25, -0.2) is 0 Å². The normalized spacial score (nSPS) is 17.1. The van der Waals surface area contributed by atoms with Gasteiger partial charge in [-0.05, 0) is 55.5 Å². The number of fused-ring (bicyclic) bond motifs is 1. The van der Waals surface area contributed by atoms with Gasteiger partial charge in [0.2, 0.25) is 0 Å². The highest BCUT2D eigenvalue weighted by atomic mass is 35.5. The predicted molar refractivity (Wildman–Crippen MR) is 87.1 cm³/mol. The Bertz CT molecular complexity index is 664. The highest BCUT2D eigenvalue weighted by molar-refractivity contribution is 6.35. The minimum Gasteiger partial charge on any atom is -0.377 e. The number of anilines is 1. The highest BCUT2D eigenvalue weighted by Crippen LogP contribution is 2.37. The van der Waals surface area contributed by atoms with Gasteiger partial charge in [-0.1, -0.05) is 47.0 Å². The maximum Gasteiger partial charge on any atom is 0.0641 e. The molecule has 0 bridgehead atoms. The maximum atomic E-state index is 6.32. The van der Waals surface area contributed by atoms with E-state index < -0.39 is 0 Å². The lowest BCUT2D eigenvalue weighted by molar-refractivity contribution is 0.762.